The van der Waals surface area contributed by atoms with Crippen molar-refractivity contribution in [2.24, 2.45) is 5.73 Å². The van der Waals surface area contributed by atoms with Gasteiger partial charge in [0.05, 0.1) is 5.56 Å². The minimum atomic E-state index is -4.39. The van der Waals surface area contributed by atoms with Crippen molar-refractivity contribution in [1.82, 2.24) is 9.97 Å². The van der Waals surface area contributed by atoms with E-state index in [1.165, 1.54) is 0 Å². The Morgan fingerprint density at radius 2 is 1.71 bits per heavy atom. The average Bonchev–Trinajstić information content (AvgIpc) is 2.13. The highest BCUT2D eigenvalue weighted by Crippen LogP contribution is 2.59. The van der Waals surface area contributed by atoms with Gasteiger partial charge in [0.15, 0.2) is 0 Å². The predicted octanol–water partition coefficient (Wildman–Crippen LogP) is 1.54. The first kappa shape index (κ1) is 10.8. The maximum absolute atomic E-state index is 12.3. The third-order valence-electron chi connectivity index (χ3n) is 3.43. The molecule has 0 radical (unpaired) electrons. The van der Waals surface area contributed by atoms with Crippen LogP contribution in [0, 0.1) is 0 Å². The monoisotopic (exact) mass is 244 g/mol. The highest BCUT2D eigenvalue weighted by Gasteiger charge is 2.66. The first-order valence-electron chi connectivity index (χ1n) is 5.27. The molecule has 0 saturated heterocycles. The molecule has 0 atom stereocenters. The molecule has 1 aromatic rings. The fourth-order valence-electron chi connectivity index (χ4n) is 2.78. The van der Waals surface area contributed by atoms with Crippen LogP contribution in [0.15, 0.2) is 12.4 Å². The fourth-order valence-corrected chi connectivity index (χ4v) is 2.78. The van der Waals surface area contributed by atoms with E-state index in [1.54, 1.807) is 0 Å². The lowest BCUT2D eigenvalue weighted by Crippen LogP contribution is -2.79. The molecule has 3 N–H and O–H groups in total. The summed E-state index contributed by atoms with van der Waals surface area (Å²) in [5.41, 5.74) is 4.91. The third-order valence-corrected chi connectivity index (χ3v) is 3.43. The largest absolute Gasteiger partial charge is 0.419 e. The van der Waals surface area contributed by atoms with Crippen molar-refractivity contribution in [2.75, 3.05) is 5.32 Å². The topological polar surface area (TPSA) is 63.8 Å². The number of hydrogen-bond donors (Lipinski definition) is 2. The van der Waals surface area contributed by atoms with Crippen molar-refractivity contribution >= 4 is 5.95 Å². The van der Waals surface area contributed by atoms with Gasteiger partial charge in [-0.3, -0.25) is 0 Å². The molecule has 4 rings (SSSR count). The van der Waals surface area contributed by atoms with E-state index in [0.717, 1.165) is 31.7 Å². The molecule has 0 unspecified atom stereocenters. The molecule has 0 aliphatic heterocycles. The van der Waals surface area contributed by atoms with Gasteiger partial charge in [-0.2, -0.15) is 13.2 Å². The summed E-state index contributed by atoms with van der Waals surface area (Å²) in [5.74, 6) is 0.236. The van der Waals surface area contributed by atoms with Gasteiger partial charge in [0.1, 0.15) is 0 Å². The standard InChI is InChI=1S/C10H11F3N4/c11-10(12,13)6-1-15-7(16-2-6)17-9-3-8(14,4-9)5-9/h1-2H,3-5,14H2,(H,15,16,17). The molecule has 3 aliphatic rings. The molecule has 3 fully saturated rings. The zero-order valence-corrected chi connectivity index (χ0v) is 8.88. The Kier molecular flexibility index (Phi) is 1.83. The van der Waals surface area contributed by atoms with Gasteiger partial charge in [-0.15, -0.1) is 0 Å². The predicted molar refractivity (Wildman–Crippen MR) is 54.2 cm³/mol. The van der Waals surface area contributed by atoms with E-state index in [4.69, 9.17) is 5.73 Å². The molecule has 17 heavy (non-hydrogen) atoms. The number of nitrogens with two attached hydrogens (primary N) is 1. The van der Waals surface area contributed by atoms with Crippen molar-refractivity contribution < 1.29 is 13.2 Å². The van der Waals surface area contributed by atoms with E-state index in [-0.39, 0.29) is 17.0 Å². The lowest BCUT2D eigenvalue weighted by molar-refractivity contribution is -0.138. The molecule has 0 amide bonds. The van der Waals surface area contributed by atoms with Crippen LogP contribution in [-0.4, -0.2) is 21.0 Å². The normalized spacial score (nSPS) is 34.8. The Hall–Kier alpha value is -1.37. The van der Waals surface area contributed by atoms with E-state index in [9.17, 15) is 13.2 Å². The number of rotatable bonds is 2. The van der Waals surface area contributed by atoms with Gasteiger partial charge in [0.25, 0.3) is 0 Å². The molecule has 1 aromatic heterocycles. The molecule has 7 heteroatoms. The number of hydrogen-bond acceptors (Lipinski definition) is 4. The molecular weight excluding hydrogens is 233 g/mol. The van der Waals surface area contributed by atoms with Crippen LogP contribution in [0.5, 0.6) is 0 Å². The Bertz CT molecular complexity index is 434. The summed E-state index contributed by atoms with van der Waals surface area (Å²) in [6.45, 7) is 0. The van der Waals surface area contributed by atoms with Crippen LogP contribution in [-0.2, 0) is 6.18 Å². The summed E-state index contributed by atoms with van der Waals surface area (Å²) in [6, 6.07) is 0. The average molecular weight is 244 g/mol. The Morgan fingerprint density at radius 3 is 2.12 bits per heavy atom. The van der Waals surface area contributed by atoms with Gasteiger partial charge in [0, 0.05) is 23.5 Å². The quantitative estimate of drug-likeness (QED) is 0.828. The molecule has 3 aliphatic carbocycles. The molecular formula is C10H11F3N4. The van der Waals surface area contributed by atoms with Crippen molar-refractivity contribution in [3.63, 3.8) is 0 Å². The van der Waals surface area contributed by atoms with Crippen LogP contribution in [0.1, 0.15) is 24.8 Å². The van der Waals surface area contributed by atoms with Crippen LogP contribution in [0.4, 0.5) is 19.1 Å². The summed E-state index contributed by atoms with van der Waals surface area (Å²) < 4.78 is 36.8. The first-order valence-corrected chi connectivity index (χ1v) is 5.27. The van der Waals surface area contributed by atoms with Gasteiger partial charge in [0.2, 0.25) is 5.95 Å². The number of nitrogens with one attached hydrogen (secondary N) is 1. The molecule has 4 nitrogen and oxygen atoms in total. The second-order valence-electron chi connectivity index (χ2n) is 5.09. The number of alkyl halides is 3. The zero-order valence-electron chi connectivity index (χ0n) is 8.88. The Morgan fingerprint density at radius 1 is 1.18 bits per heavy atom. The second-order valence-corrected chi connectivity index (χ2v) is 5.09. The second kappa shape index (κ2) is 2.90. The molecule has 1 heterocycles. The SMILES string of the molecule is NC12CC(Nc3ncc(C(F)(F)F)cn3)(C1)C2. The minimum Gasteiger partial charge on any atom is -0.349 e. The summed E-state index contributed by atoms with van der Waals surface area (Å²) in [7, 11) is 0. The van der Waals surface area contributed by atoms with E-state index in [2.05, 4.69) is 15.3 Å². The van der Waals surface area contributed by atoms with E-state index >= 15 is 0 Å². The van der Waals surface area contributed by atoms with Gasteiger partial charge in [-0.05, 0) is 19.3 Å². The Balaban J connectivity index is 1.69. The van der Waals surface area contributed by atoms with Gasteiger partial charge in [-0.25, -0.2) is 9.97 Å². The van der Waals surface area contributed by atoms with Gasteiger partial charge < -0.3 is 11.1 Å². The maximum Gasteiger partial charge on any atom is 0.419 e. The van der Waals surface area contributed by atoms with Crippen LogP contribution in [0.3, 0.4) is 0 Å². The van der Waals surface area contributed by atoms with Crippen molar-refractivity contribution in [1.29, 1.82) is 0 Å². The fraction of sp³-hybridized carbons (Fsp3) is 0.600. The third kappa shape index (κ3) is 1.65. The van der Waals surface area contributed by atoms with Gasteiger partial charge in [-0.1, -0.05) is 0 Å². The highest BCUT2D eigenvalue weighted by atomic mass is 19.4. The summed E-state index contributed by atoms with van der Waals surface area (Å²) >= 11 is 0. The van der Waals surface area contributed by atoms with Crippen LogP contribution in [0.2, 0.25) is 0 Å². The molecule has 3 saturated carbocycles. The van der Waals surface area contributed by atoms with Gasteiger partial charge >= 0.3 is 6.18 Å². The number of anilines is 1. The van der Waals surface area contributed by atoms with Crippen molar-refractivity contribution in [3.8, 4) is 0 Å². The number of halogens is 3. The van der Waals surface area contributed by atoms with Crippen molar-refractivity contribution in [3.05, 3.63) is 18.0 Å². The molecule has 0 aromatic carbocycles. The van der Waals surface area contributed by atoms with E-state index in [1.807, 2.05) is 0 Å². The number of aromatic nitrogens is 2. The summed E-state index contributed by atoms with van der Waals surface area (Å²) in [4.78, 5) is 7.35. The van der Waals surface area contributed by atoms with Crippen LogP contribution < -0.4 is 11.1 Å². The zero-order chi connectivity index (χ0) is 12.3. The van der Waals surface area contributed by atoms with Crippen molar-refractivity contribution in [2.45, 2.75) is 36.5 Å². The molecule has 0 spiro atoms. The van der Waals surface area contributed by atoms with Crippen LogP contribution in [0.25, 0.3) is 0 Å². The molecule has 92 valence electrons. The minimum absolute atomic E-state index is 0.0566. The highest BCUT2D eigenvalue weighted by molar-refractivity contribution is 5.41. The number of nitrogens with zero attached hydrogens (tertiary/aromatic N) is 2. The summed E-state index contributed by atoms with van der Waals surface area (Å²) in [6.07, 6.45) is -0.298. The summed E-state index contributed by atoms with van der Waals surface area (Å²) in [5, 5.41) is 3.06. The lowest BCUT2D eigenvalue weighted by atomic mass is 9.45. The van der Waals surface area contributed by atoms with E-state index < -0.39 is 11.7 Å². The van der Waals surface area contributed by atoms with E-state index in [0.29, 0.717) is 0 Å². The first-order chi connectivity index (χ1) is 7.80. The smallest absolute Gasteiger partial charge is 0.349 e. The lowest BCUT2D eigenvalue weighted by Gasteiger charge is -2.68. The van der Waals surface area contributed by atoms with Crippen LogP contribution >= 0.6 is 0 Å². The Labute approximate surface area is 95.4 Å². The molecule has 2 bridgehead atoms. The maximum atomic E-state index is 12.3.